The summed E-state index contributed by atoms with van der Waals surface area (Å²) in [4.78, 5) is 22.0. The van der Waals surface area contributed by atoms with Crippen molar-refractivity contribution >= 4 is 39.1 Å². The van der Waals surface area contributed by atoms with Gasteiger partial charge in [-0.1, -0.05) is 0 Å². The van der Waals surface area contributed by atoms with Crippen molar-refractivity contribution in [1.82, 2.24) is 9.88 Å². The molecule has 1 aliphatic heterocycles. The van der Waals surface area contributed by atoms with E-state index in [-0.39, 0.29) is 17.5 Å². The van der Waals surface area contributed by atoms with Crippen LogP contribution in [-0.4, -0.2) is 35.9 Å². The van der Waals surface area contributed by atoms with Crippen LogP contribution >= 0.6 is 27.3 Å². The number of hydrogen-bond acceptors (Lipinski definition) is 7. The van der Waals surface area contributed by atoms with E-state index in [9.17, 15) is 10.1 Å². The van der Waals surface area contributed by atoms with Gasteiger partial charge in [-0.2, -0.15) is 10.2 Å². The van der Waals surface area contributed by atoms with Crippen molar-refractivity contribution in [3.63, 3.8) is 0 Å². The van der Waals surface area contributed by atoms with Crippen LogP contribution in [0.25, 0.3) is 11.7 Å². The molecule has 0 aromatic carbocycles. The van der Waals surface area contributed by atoms with Crippen LogP contribution in [0.3, 0.4) is 0 Å². The van der Waals surface area contributed by atoms with Gasteiger partial charge in [-0.25, -0.2) is 0 Å². The Hall–Kier alpha value is -2.57. The van der Waals surface area contributed by atoms with Crippen molar-refractivity contribution in [1.29, 1.82) is 5.26 Å². The Bertz CT molecular complexity index is 1030. The molecule has 150 valence electrons. The zero-order valence-electron chi connectivity index (χ0n) is 15.8. The Morgan fingerprint density at radius 3 is 2.90 bits per heavy atom. The number of nitrogens with zero attached hydrogens (tertiary/aromatic N) is 4. The summed E-state index contributed by atoms with van der Waals surface area (Å²) < 4.78 is 12.2. The molecule has 0 radical (unpaired) electrons. The number of amides is 1. The molecule has 0 aliphatic carbocycles. The van der Waals surface area contributed by atoms with Crippen LogP contribution in [0.2, 0.25) is 0 Å². The number of anilines is 1. The van der Waals surface area contributed by atoms with Gasteiger partial charge >= 0.3 is 0 Å². The predicted molar refractivity (Wildman–Crippen MR) is 112 cm³/mol. The monoisotopic (exact) mass is 474 g/mol. The van der Waals surface area contributed by atoms with Gasteiger partial charge in [-0.3, -0.25) is 4.79 Å². The molecule has 4 rings (SSSR count). The average molecular weight is 475 g/mol. The van der Waals surface area contributed by atoms with Crippen LogP contribution in [0.1, 0.15) is 23.4 Å². The minimum absolute atomic E-state index is 0.0299. The number of piperidine rings is 1. The highest BCUT2D eigenvalue weighted by atomic mass is 79.9. The number of oxazole rings is 1. The molecule has 1 aliphatic rings. The van der Waals surface area contributed by atoms with Gasteiger partial charge in [0, 0.05) is 40.8 Å². The number of nitriles is 1. The number of halogens is 1. The summed E-state index contributed by atoms with van der Waals surface area (Å²) in [6.07, 6.45) is 2.95. The summed E-state index contributed by atoms with van der Waals surface area (Å²) in [7, 11) is 1.85. The molecule has 0 unspecified atom stereocenters. The maximum absolute atomic E-state index is 12.8. The van der Waals surface area contributed by atoms with Crippen LogP contribution in [0.15, 0.2) is 43.1 Å². The molecule has 0 N–H and O–H groups in total. The summed E-state index contributed by atoms with van der Waals surface area (Å²) in [5.41, 5.74) is 0.238. The molecule has 9 heteroatoms. The minimum Gasteiger partial charge on any atom is -0.459 e. The summed E-state index contributed by atoms with van der Waals surface area (Å²) in [5.74, 6) is 1.35. The summed E-state index contributed by atoms with van der Waals surface area (Å²) >= 11 is 5.09. The molecule has 0 saturated carbocycles. The fraction of sp³-hybridized carbons (Fsp3) is 0.350. The summed E-state index contributed by atoms with van der Waals surface area (Å²) in [6.45, 7) is 1.88. The van der Waals surface area contributed by atoms with Gasteiger partial charge in [0.15, 0.2) is 5.76 Å². The second-order valence-corrected chi connectivity index (χ2v) is 8.86. The molecular formula is C20H19BrN4O3S. The first-order chi connectivity index (χ1) is 14.0. The molecule has 4 heterocycles. The highest BCUT2D eigenvalue weighted by molar-refractivity contribution is 9.10. The normalized spacial score (nSPS) is 14.7. The van der Waals surface area contributed by atoms with Gasteiger partial charge in [-0.15, -0.1) is 11.3 Å². The van der Waals surface area contributed by atoms with Gasteiger partial charge in [0.1, 0.15) is 6.07 Å². The van der Waals surface area contributed by atoms with Crippen LogP contribution in [0.5, 0.6) is 0 Å². The van der Waals surface area contributed by atoms with E-state index >= 15 is 0 Å². The van der Waals surface area contributed by atoms with Crippen molar-refractivity contribution < 1.29 is 13.6 Å². The predicted octanol–water partition coefficient (Wildman–Crippen LogP) is 4.51. The second kappa shape index (κ2) is 8.43. The molecule has 0 bridgehead atoms. The molecular weight excluding hydrogens is 456 g/mol. The van der Waals surface area contributed by atoms with E-state index in [1.54, 1.807) is 28.4 Å². The SMILES string of the molecule is CN(Cc1cc(Br)cs1)C(=O)C1CCN(c2oc(-c3ccco3)nc2C#N)CC1. The maximum Gasteiger partial charge on any atom is 0.266 e. The topological polar surface area (TPSA) is 86.5 Å². The first kappa shape index (κ1) is 19.7. The van der Waals surface area contributed by atoms with Gasteiger partial charge in [0.25, 0.3) is 5.89 Å². The highest BCUT2D eigenvalue weighted by Gasteiger charge is 2.30. The summed E-state index contributed by atoms with van der Waals surface area (Å²) in [6, 6.07) is 7.62. The van der Waals surface area contributed by atoms with Gasteiger partial charge in [0.05, 0.1) is 12.8 Å². The van der Waals surface area contributed by atoms with Crippen molar-refractivity contribution in [3.05, 3.63) is 44.9 Å². The molecule has 1 saturated heterocycles. The summed E-state index contributed by atoms with van der Waals surface area (Å²) in [5, 5.41) is 11.4. The number of aromatic nitrogens is 1. The van der Waals surface area contributed by atoms with Crippen LogP contribution < -0.4 is 4.90 Å². The van der Waals surface area contributed by atoms with E-state index in [4.69, 9.17) is 8.83 Å². The lowest BCUT2D eigenvalue weighted by Gasteiger charge is -2.32. The number of carbonyl (C=O) groups excluding carboxylic acids is 1. The fourth-order valence-corrected chi connectivity index (χ4v) is 5.00. The van der Waals surface area contributed by atoms with E-state index in [0.717, 1.165) is 9.35 Å². The van der Waals surface area contributed by atoms with Crippen molar-refractivity contribution in [2.24, 2.45) is 5.92 Å². The molecule has 3 aromatic rings. The van der Waals surface area contributed by atoms with Gasteiger partial charge in [0.2, 0.25) is 17.5 Å². The first-order valence-corrected chi connectivity index (χ1v) is 10.9. The average Bonchev–Trinajstić information content (AvgIpc) is 3.48. The quantitative estimate of drug-likeness (QED) is 0.540. The molecule has 0 atom stereocenters. The Labute approximate surface area is 180 Å². The number of hydrogen-bond donors (Lipinski definition) is 0. The third-order valence-electron chi connectivity index (χ3n) is 4.97. The Morgan fingerprint density at radius 1 is 1.48 bits per heavy atom. The Morgan fingerprint density at radius 2 is 2.28 bits per heavy atom. The largest absolute Gasteiger partial charge is 0.459 e. The lowest BCUT2D eigenvalue weighted by atomic mass is 9.95. The number of furan rings is 1. The van der Waals surface area contributed by atoms with Crippen molar-refractivity contribution in [3.8, 4) is 17.7 Å². The number of thiophene rings is 1. The smallest absolute Gasteiger partial charge is 0.266 e. The van der Waals surface area contributed by atoms with E-state index < -0.39 is 0 Å². The first-order valence-electron chi connectivity index (χ1n) is 9.23. The molecule has 1 fully saturated rings. The number of carbonyl (C=O) groups is 1. The van der Waals surface area contributed by atoms with E-state index in [0.29, 0.717) is 50.0 Å². The number of rotatable bonds is 5. The zero-order chi connectivity index (χ0) is 20.4. The van der Waals surface area contributed by atoms with Crippen LogP contribution in [-0.2, 0) is 11.3 Å². The standard InChI is InChI=1S/C20H19BrN4O3S/c1-24(11-15-9-14(21)12-29-15)19(26)13-4-6-25(7-5-13)20-16(10-22)23-18(28-20)17-3-2-8-27-17/h2-3,8-9,12-13H,4-7,11H2,1H3. The minimum atomic E-state index is -0.0299. The lowest BCUT2D eigenvalue weighted by Crippen LogP contribution is -2.41. The van der Waals surface area contributed by atoms with Crippen LogP contribution in [0, 0.1) is 17.2 Å². The molecule has 0 spiro atoms. The Balaban J connectivity index is 1.39. The van der Waals surface area contributed by atoms with Crippen LogP contribution in [0.4, 0.5) is 5.88 Å². The second-order valence-electron chi connectivity index (χ2n) is 6.95. The van der Waals surface area contributed by atoms with E-state index in [2.05, 4.69) is 27.0 Å². The lowest BCUT2D eigenvalue weighted by molar-refractivity contribution is -0.135. The van der Waals surface area contributed by atoms with E-state index in [1.165, 1.54) is 6.26 Å². The Kier molecular flexibility index (Phi) is 5.74. The van der Waals surface area contributed by atoms with Gasteiger partial charge in [-0.05, 0) is 47.0 Å². The third-order valence-corrected chi connectivity index (χ3v) is 6.65. The van der Waals surface area contributed by atoms with E-state index in [1.807, 2.05) is 23.4 Å². The maximum atomic E-state index is 12.8. The van der Waals surface area contributed by atoms with Crippen molar-refractivity contribution in [2.45, 2.75) is 19.4 Å². The molecule has 1 amide bonds. The van der Waals surface area contributed by atoms with Gasteiger partial charge < -0.3 is 18.6 Å². The fourth-order valence-electron chi connectivity index (χ4n) is 3.49. The molecule has 3 aromatic heterocycles. The third kappa shape index (κ3) is 4.23. The zero-order valence-corrected chi connectivity index (χ0v) is 18.2. The molecule has 7 nitrogen and oxygen atoms in total. The van der Waals surface area contributed by atoms with Crippen molar-refractivity contribution in [2.75, 3.05) is 25.0 Å². The highest BCUT2D eigenvalue weighted by Crippen LogP contribution is 2.32. The molecule has 29 heavy (non-hydrogen) atoms.